The van der Waals surface area contributed by atoms with E-state index in [4.69, 9.17) is 5.11 Å². The molecule has 1 aliphatic rings. The van der Waals surface area contributed by atoms with Gasteiger partial charge in [-0.3, -0.25) is 0 Å². The van der Waals surface area contributed by atoms with Crippen LogP contribution in [0.4, 0.5) is 0 Å². The highest BCUT2D eigenvalue weighted by Crippen LogP contribution is 2.23. The van der Waals surface area contributed by atoms with Crippen LogP contribution in [0.5, 0.6) is 0 Å². The predicted octanol–water partition coefficient (Wildman–Crippen LogP) is 1.49. The Balaban J connectivity index is 2.11. The normalized spacial score (nSPS) is 20.2. The molecular formula is C10H21NO. The van der Waals surface area contributed by atoms with E-state index < -0.39 is 0 Å². The molecule has 0 heterocycles. The van der Waals surface area contributed by atoms with Crippen molar-refractivity contribution in [3.63, 3.8) is 0 Å². The Morgan fingerprint density at radius 1 is 1.25 bits per heavy atom. The first-order valence-corrected chi connectivity index (χ1v) is 5.12. The van der Waals surface area contributed by atoms with Gasteiger partial charge in [0.25, 0.3) is 0 Å². The Morgan fingerprint density at radius 2 is 1.92 bits per heavy atom. The Kier molecular flexibility index (Phi) is 4.62. The standard InChI is InChI=1S/C10H21NO/c1-11(7-8-12)9-10-5-3-2-4-6-10/h10,12H,2-9H2,1H3. The highest BCUT2D eigenvalue weighted by molar-refractivity contribution is 4.68. The van der Waals surface area contributed by atoms with Crippen molar-refractivity contribution < 1.29 is 5.11 Å². The minimum Gasteiger partial charge on any atom is -0.395 e. The molecule has 1 fully saturated rings. The molecule has 1 rings (SSSR count). The largest absolute Gasteiger partial charge is 0.395 e. The van der Waals surface area contributed by atoms with E-state index in [1.54, 1.807) is 0 Å². The first-order chi connectivity index (χ1) is 5.83. The molecule has 2 heteroatoms. The van der Waals surface area contributed by atoms with Gasteiger partial charge < -0.3 is 10.0 Å². The van der Waals surface area contributed by atoms with Crippen LogP contribution in [0, 0.1) is 5.92 Å². The van der Waals surface area contributed by atoms with E-state index in [2.05, 4.69) is 11.9 Å². The molecule has 0 saturated heterocycles. The fourth-order valence-corrected chi connectivity index (χ4v) is 2.07. The van der Waals surface area contributed by atoms with E-state index in [9.17, 15) is 0 Å². The maximum absolute atomic E-state index is 8.72. The third kappa shape index (κ3) is 3.55. The molecule has 0 bridgehead atoms. The van der Waals surface area contributed by atoms with Gasteiger partial charge in [-0.25, -0.2) is 0 Å². The third-order valence-corrected chi connectivity index (χ3v) is 2.78. The summed E-state index contributed by atoms with van der Waals surface area (Å²) >= 11 is 0. The molecule has 0 aromatic heterocycles. The molecule has 0 aromatic carbocycles. The van der Waals surface area contributed by atoms with E-state index in [0.717, 1.165) is 12.5 Å². The van der Waals surface area contributed by atoms with Crippen LogP contribution < -0.4 is 0 Å². The van der Waals surface area contributed by atoms with E-state index in [1.165, 1.54) is 38.6 Å². The van der Waals surface area contributed by atoms with Crippen molar-refractivity contribution in [2.24, 2.45) is 5.92 Å². The van der Waals surface area contributed by atoms with Crippen LogP contribution in [-0.4, -0.2) is 36.8 Å². The lowest BCUT2D eigenvalue weighted by atomic mass is 9.89. The second kappa shape index (κ2) is 5.55. The number of likely N-dealkylation sites (N-methyl/N-ethyl adjacent to an activating group) is 1. The highest BCUT2D eigenvalue weighted by Gasteiger charge is 2.14. The Labute approximate surface area is 75.6 Å². The van der Waals surface area contributed by atoms with E-state index >= 15 is 0 Å². The topological polar surface area (TPSA) is 23.5 Å². The van der Waals surface area contributed by atoms with Gasteiger partial charge >= 0.3 is 0 Å². The third-order valence-electron chi connectivity index (χ3n) is 2.78. The van der Waals surface area contributed by atoms with E-state index in [0.29, 0.717) is 6.61 Å². The van der Waals surface area contributed by atoms with Crippen LogP contribution in [0.3, 0.4) is 0 Å². The maximum atomic E-state index is 8.72. The van der Waals surface area contributed by atoms with Crippen molar-refractivity contribution in [3.8, 4) is 0 Å². The summed E-state index contributed by atoms with van der Waals surface area (Å²) in [5.74, 6) is 0.898. The van der Waals surface area contributed by atoms with Crippen molar-refractivity contribution in [3.05, 3.63) is 0 Å². The monoisotopic (exact) mass is 171 g/mol. The zero-order valence-electron chi connectivity index (χ0n) is 8.13. The van der Waals surface area contributed by atoms with Crippen LogP contribution in [0.2, 0.25) is 0 Å². The van der Waals surface area contributed by atoms with Crippen molar-refractivity contribution >= 4 is 0 Å². The van der Waals surface area contributed by atoms with Crippen molar-refractivity contribution in [1.29, 1.82) is 0 Å². The van der Waals surface area contributed by atoms with Gasteiger partial charge in [0.15, 0.2) is 0 Å². The second-order valence-electron chi connectivity index (χ2n) is 3.99. The summed E-state index contributed by atoms with van der Waals surface area (Å²) < 4.78 is 0. The van der Waals surface area contributed by atoms with Gasteiger partial charge in [0, 0.05) is 13.1 Å². The first kappa shape index (κ1) is 10.0. The van der Waals surface area contributed by atoms with Gasteiger partial charge in [0.1, 0.15) is 0 Å². The van der Waals surface area contributed by atoms with Crippen LogP contribution in [0.25, 0.3) is 0 Å². The minimum absolute atomic E-state index is 0.295. The lowest BCUT2D eigenvalue weighted by Crippen LogP contribution is -2.29. The summed E-state index contributed by atoms with van der Waals surface area (Å²) in [7, 11) is 2.10. The molecule has 72 valence electrons. The first-order valence-electron chi connectivity index (χ1n) is 5.12. The van der Waals surface area contributed by atoms with Crippen LogP contribution in [0.1, 0.15) is 32.1 Å². The quantitative estimate of drug-likeness (QED) is 0.692. The lowest BCUT2D eigenvalue weighted by molar-refractivity contribution is 0.186. The van der Waals surface area contributed by atoms with Gasteiger partial charge in [-0.1, -0.05) is 19.3 Å². The summed E-state index contributed by atoms with van der Waals surface area (Å²) in [5.41, 5.74) is 0. The molecule has 0 amide bonds. The molecule has 1 saturated carbocycles. The van der Waals surface area contributed by atoms with Gasteiger partial charge in [-0.15, -0.1) is 0 Å². The molecule has 1 aliphatic carbocycles. The molecule has 0 aromatic rings. The minimum atomic E-state index is 0.295. The van der Waals surface area contributed by atoms with E-state index in [1.807, 2.05) is 0 Å². The van der Waals surface area contributed by atoms with Gasteiger partial charge in [-0.05, 0) is 25.8 Å². The summed E-state index contributed by atoms with van der Waals surface area (Å²) in [6, 6.07) is 0. The smallest absolute Gasteiger partial charge is 0.0558 e. The summed E-state index contributed by atoms with van der Waals surface area (Å²) in [6.45, 7) is 2.31. The Bertz CT molecular complexity index is 110. The van der Waals surface area contributed by atoms with Crippen LogP contribution in [-0.2, 0) is 0 Å². The Hall–Kier alpha value is -0.0800. The molecule has 0 aliphatic heterocycles. The summed E-state index contributed by atoms with van der Waals surface area (Å²) in [6.07, 6.45) is 7.06. The summed E-state index contributed by atoms with van der Waals surface area (Å²) in [5, 5.41) is 8.72. The molecule has 0 atom stereocenters. The number of aliphatic hydroxyl groups is 1. The second-order valence-corrected chi connectivity index (χ2v) is 3.99. The molecule has 0 unspecified atom stereocenters. The molecule has 1 N–H and O–H groups in total. The number of rotatable bonds is 4. The molecular weight excluding hydrogens is 150 g/mol. The predicted molar refractivity (Wildman–Crippen MR) is 51.2 cm³/mol. The number of aliphatic hydroxyl groups excluding tert-OH is 1. The van der Waals surface area contributed by atoms with Crippen LogP contribution in [0.15, 0.2) is 0 Å². The summed E-state index contributed by atoms with van der Waals surface area (Å²) in [4.78, 5) is 2.25. The van der Waals surface area contributed by atoms with Crippen molar-refractivity contribution in [2.45, 2.75) is 32.1 Å². The number of hydrogen-bond donors (Lipinski definition) is 1. The van der Waals surface area contributed by atoms with Crippen molar-refractivity contribution in [1.82, 2.24) is 4.90 Å². The molecule has 12 heavy (non-hydrogen) atoms. The zero-order chi connectivity index (χ0) is 8.81. The zero-order valence-corrected chi connectivity index (χ0v) is 8.13. The van der Waals surface area contributed by atoms with Crippen LogP contribution >= 0.6 is 0 Å². The van der Waals surface area contributed by atoms with Gasteiger partial charge in [0.2, 0.25) is 0 Å². The fraction of sp³-hybridized carbons (Fsp3) is 1.00. The lowest BCUT2D eigenvalue weighted by Gasteiger charge is -2.26. The SMILES string of the molecule is CN(CCO)CC1CCCCC1. The molecule has 0 radical (unpaired) electrons. The van der Waals surface area contributed by atoms with Gasteiger partial charge in [-0.2, -0.15) is 0 Å². The fourth-order valence-electron chi connectivity index (χ4n) is 2.07. The number of nitrogens with zero attached hydrogens (tertiary/aromatic N) is 1. The molecule has 2 nitrogen and oxygen atoms in total. The number of hydrogen-bond acceptors (Lipinski definition) is 2. The Morgan fingerprint density at radius 3 is 2.50 bits per heavy atom. The van der Waals surface area contributed by atoms with E-state index in [-0.39, 0.29) is 0 Å². The molecule has 0 spiro atoms. The maximum Gasteiger partial charge on any atom is 0.0558 e. The van der Waals surface area contributed by atoms with Crippen molar-refractivity contribution in [2.75, 3.05) is 26.7 Å². The van der Waals surface area contributed by atoms with Gasteiger partial charge in [0.05, 0.1) is 6.61 Å². The average molecular weight is 171 g/mol. The average Bonchev–Trinajstić information content (AvgIpc) is 2.06. The highest BCUT2D eigenvalue weighted by atomic mass is 16.3.